The Hall–Kier alpha value is -2.27. The van der Waals surface area contributed by atoms with Crippen LogP contribution in [0.15, 0.2) is 48.8 Å². The molecule has 2 aromatic rings. The van der Waals surface area contributed by atoms with Gasteiger partial charge in [-0.2, -0.15) is 0 Å². The summed E-state index contributed by atoms with van der Waals surface area (Å²) in [4.78, 5) is 21.1. The number of halogens is 1. The van der Waals surface area contributed by atoms with Crippen LogP contribution in [0.2, 0.25) is 0 Å². The van der Waals surface area contributed by atoms with Gasteiger partial charge in [0.25, 0.3) is 0 Å². The molecule has 0 bridgehead atoms. The summed E-state index contributed by atoms with van der Waals surface area (Å²) in [5.74, 6) is -0.171. The zero-order valence-electron chi connectivity index (χ0n) is 14.7. The maximum absolute atomic E-state index is 13.1. The van der Waals surface area contributed by atoms with Crippen LogP contribution in [0.3, 0.4) is 0 Å². The van der Waals surface area contributed by atoms with Crippen molar-refractivity contribution in [3.8, 4) is 0 Å². The number of hydrogen-bond acceptors (Lipinski definition) is 3. The summed E-state index contributed by atoms with van der Waals surface area (Å²) in [6, 6.07) is 10.7. The molecule has 1 amide bonds. The second kappa shape index (κ2) is 7.74. The minimum absolute atomic E-state index is 0.106. The molecule has 132 valence electrons. The number of rotatable bonds is 5. The number of benzene rings is 1. The van der Waals surface area contributed by atoms with Crippen LogP contribution in [0, 0.1) is 5.82 Å². The fraction of sp³-hybridized carbons (Fsp3) is 0.400. The summed E-state index contributed by atoms with van der Waals surface area (Å²) >= 11 is 0. The summed E-state index contributed by atoms with van der Waals surface area (Å²) in [5, 5.41) is 0. The minimum Gasteiger partial charge on any atom is -0.337 e. The van der Waals surface area contributed by atoms with Gasteiger partial charge in [-0.25, -0.2) is 4.39 Å². The number of likely N-dealkylation sites (N-methyl/N-ethyl adjacent to an activating group) is 1. The van der Waals surface area contributed by atoms with Gasteiger partial charge >= 0.3 is 0 Å². The summed E-state index contributed by atoms with van der Waals surface area (Å²) in [5.41, 5.74) is 2.04. The smallest absolute Gasteiger partial charge is 0.227 e. The van der Waals surface area contributed by atoms with Gasteiger partial charge in [0, 0.05) is 25.0 Å². The Morgan fingerprint density at radius 3 is 2.48 bits per heavy atom. The van der Waals surface area contributed by atoms with Crippen molar-refractivity contribution in [3.63, 3.8) is 0 Å². The largest absolute Gasteiger partial charge is 0.337 e. The van der Waals surface area contributed by atoms with Crippen molar-refractivity contribution in [2.75, 3.05) is 20.6 Å². The summed E-state index contributed by atoms with van der Waals surface area (Å²) in [6.45, 7) is 0.763. The molecule has 25 heavy (non-hydrogen) atoms. The lowest BCUT2D eigenvalue weighted by Crippen LogP contribution is -2.46. The maximum Gasteiger partial charge on any atom is 0.227 e. The molecule has 2 heterocycles. The average molecular weight is 341 g/mol. The second-order valence-electron chi connectivity index (χ2n) is 6.84. The van der Waals surface area contributed by atoms with Crippen LogP contribution in [0.1, 0.15) is 17.5 Å². The maximum atomic E-state index is 13.1. The van der Waals surface area contributed by atoms with Crippen molar-refractivity contribution < 1.29 is 9.18 Å². The Morgan fingerprint density at radius 1 is 1.16 bits per heavy atom. The number of carbonyl (C=O) groups is 1. The lowest BCUT2D eigenvalue weighted by molar-refractivity contribution is -0.131. The Kier molecular flexibility index (Phi) is 5.43. The highest BCUT2D eigenvalue weighted by atomic mass is 19.1. The third-order valence-corrected chi connectivity index (χ3v) is 4.96. The molecular formula is C20H24FN3O. The number of amides is 1. The molecule has 0 N–H and O–H groups in total. The number of aromatic nitrogens is 1. The third-order valence-electron chi connectivity index (χ3n) is 4.96. The van der Waals surface area contributed by atoms with Gasteiger partial charge in [0.15, 0.2) is 0 Å². The van der Waals surface area contributed by atoms with Gasteiger partial charge in [0.2, 0.25) is 5.91 Å². The molecule has 0 spiro atoms. The van der Waals surface area contributed by atoms with E-state index in [0.29, 0.717) is 12.5 Å². The van der Waals surface area contributed by atoms with Gasteiger partial charge in [-0.05, 0) is 62.3 Å². The summed E-state index contributed by atoms with van der Waals surface area (Å²) < 4.78 is 13.1. The first-order valence-corrected chi connectivity index (χ1v) is 8.64. The molecule has 3 rings (SSSR count). The quantitative estimate of drug-likeness (QED) is 0.839. The highest BCUT2D eigenvalue weighted by molar-refractivity contribution is 5.79. The summed E-state index contributed by atoms with van der Waals surface area (Å²) in [7, 11) is 4.14. The fourth-order valence-electron chi connectivity index (χ4n) is 3.63. The molecule has 1 fully saturated rings. The SMILES string of the molecule is CN(C)[C@@H]1CCN(C(=O)Cc2ccc(F)cc2)[C@H]1Cc1ccncc1. The van der Waals surface area contributed by atoms with E-state index < -0.39 is 0 Å². The molecule has 0 unspecified atom stereocenters. The van der Waals surface area contributed by atoms with Crippen LogP contribution in [-0.4, -0.2) is 53.4 Å². The van der Waals surface area contributed by atoms with E-state index in [1.807, 2.05) is 17.0 Å². The van der Waals surface area contributed by atoms with E-state index in [4.69, 9.17) is 0 Å². The molecule has 1 aromatic heterocycles. The van der Waals surface area contributed by atoms with Crippen LogP contribution >= 0.6 is 0 Å². The highest BCUT2D eigenvalue weighted by Gasteiger charge is 2.37. The standard InChI is InChI=1S/C20H24FN3O/c1-23(2)18-9-12-24(19(18)13-16-7-10-22-11-8-16)20(25)14-15-3-5-17(21)6-4-15/h3-8,10-11,18-19H,9,12-14H2,1-2H3/t18-,19+/m1/s1. The van der Waals surface area contributed by atoms with Gasteiger partial charge in [0.05, 0.1) is 12.5 Å². The van der Waals surface area contributed by atoms with E-state index in [1.54, 1.807) is 24.5 Å². The molecule has 0 radical (unpaired) electrons. The van der Waals surface area contributed by atoms with Crippen LogP contribution in [0.5, 0.6) is 0 Å². The third kappa shape index (κ3) is 4.23. The zero-order chi connectivity index (χ0) is 17.8. The van der Waals surface area contributed by atoms with E-state index in [2.05, 4.69) is 24.0 Å². The van der Waals surface area contributed by atoms with E-state index in [1.165, 1.54) is 17.7 Å². The molecule has 4 nitrogen and oxygen atoms in total. The highest BCUT2D eigenvalue weighted by Crippen LogP contribution is 2.25. The van der Waals surface area contributed by atoms with Crippen molar-refractivity contribution in [1.29, 1.82) is 0 Å². The van der Waals surface area contributed by atoms with Crippen LogP contribution in [-0.2, 0) is 17.6 Å². The number of likely N-dealkylation sites (tertiary alicyclic amines) is 1. The predicted octanol–water partition coefficient (Wildman–Crippen LogP) is 2.54. The molecule has 1 aliphatic rings. The number of pyridine rings is 1. The lowest BCUT2D eigenvalue weighted by Gasteiger charge is -2.31. The number of carbonyl (C=O) groups excluding carboxylic acids is 1. The summed E-state index contributed by atoms with van der Waals surface area (Å²) in [6.07, 6.45) is 5.69. The minimum atomic E-state index is -0.277. The Balaban J connectivity index is 1.75. The van der Waals surface area contributed by atoms with Crippen LogP contribution in [0.25, 0.3) is 0 Å². The Labute approximate surface area is 148 Å². The molecule has 1 aromatic carbocycles. The van der Waals surface area contributed by atoms with Gasteiger partial charge in [-0.3, -0.25) is 9.78 Å². The molecule has 2 atom stereocenters. The van der Waals surface area contributed by atoms with E-state index in [-0.39, 0.29) is 17.8 Å². The van der Waals surface area contributed by atoms with Crippen molar-refractivity contribution in [1.82, 2.24) is 14.8 Å². The number of hydrogen-bond donors (Lipinski definition) is 0. The first-order chi connectivity index (χ1) is 12.0. The van der Waals surface area contributed by atoms with Crippen LogP contribution in [0.4, 0.5) is 4.39 Å². The van der Waals surface area contributed by atoms with E-state index in [0.717, 1.165) is 24.9 Å². The van der Waals surface area contributed by atoms with E-state index in [9.17, 15) is 9.18 Å². The second-order valence-corrected chi connectivity index (χ2v) is 6.84. The molecule has 0 saturated carbocycles. The molecular weight excluding hydrogens is 317 g/mol. The lowest BCUT2D eigenvalue weighted by atomic mass is 9.99. The molecule has 5 heteroatoms. The van der Waals surface area contributed by atoms with Crippen molar-refractivity contribution in [2.45, 2.75) is 31.3 Å². The molecule has 1 saturated heterocycles. The Morgan fingerprint density at radius 2 is 1.84 bits per heavy atom. The van der Waals surface area contributed by atoms with Gasteiger partial charge in [0.1, 0.15) is 5.82 Å². The van der Waals surface area contributed by atoms with Gasteiger partial charge < -0.3 is 9.80 Å². The van der Waals surface area contributed by atoms with Crippen molar-refractivity contribution >= 4 is 5.91 Å². The van der Waals surface area contributed by atoms with Crippen molar-refractivity contribution in [3.05, 3.63) is 65.7 Å². The fourth-order valence-corrected chi connectivity index (χ4v) is 3.63. The Bertz CT molecular complexity index is 703. The zero-order valence-corrected chi connectivity index (χ0v) is 14.7. The first-order valence-electron chi connectivity index (χ1n) is 8.64. The van der Waals surface area contributed by atoms with Gasteiger partial charge in [-0.15, -0.1) is 0 Å². The topological polar surface area (TPSA) is 36.4 Å². The first kappa shape index (κ1) is 17.5. The normalized spacial score (nSPS) is 20.2. The van der Waals surface area contributed by atoms with Crippen LogP contribution < -0.4 is 0 Å². The van der Waals surface area contributed by atoms with E-state index >= 15 is 0 Å². The average Bonchev–Trinajstić information content (AvgIpc) is 3.02. The monoisotopic (exact) mass is 341 g/mol. The number of nitrogens with zero attached hydrogens (tertiary/aromatic N) is 3. The van der Waals surface area contributed by atoms with Gasteiger partial charge in [-0.1, -0.05) is 12.1 Å². The molecule has 0 aliphatic carbocycles. The predicted molar refractivity (Wildman–Crippen MR) is 95.6 cm³/mol. The molecule has 1 aliphatic heterocycles. The van der Waals surface area contributed by atoms with Crippen molar-refractivity contribution in [2.24, 2.45) is 0 Å².